The molecule has 1 fully saturated rings. The van der Waals surface area contributed by atoms with E-state index in [4.69, 9.17) is 4.74 Å². The molecule has 0 aromatic heterocycles. The van der Waals surface area contributed by atoms with Gasteiger partial charge in [-0.05, 0) is 24.3 Å². The lowest BCUT2D eigenvalue weighted by molar-refractivity contribution is -0.121. The van der Waals surface area contributed by atoms with E-state index in [1.807, 2.05) is 0 Å². The van der Waals surface area contributed by atoms with Crippen LogP contribution >= 0.6 is 12.4 Å². The standard InChI is InChI=1S/C14H20N2O4S.ClH/c1-21(18,19)13-4-2-12(3-5-13)20-7-6-14(17)16-10-11-8-15-9-11;/h2-5,11,15H,6-10H2,1H3,(H,16,17);1H. The molecule has 0 atom stereocenters. The fourth-order valence-corrected chi connectivity index (χ4v) is 2.51. The van der Waals surface area contributed by atoms with E-state index >= 15 is 0 Å². The van der Waals surface area contributed by atoms with E-state index < -0.39 is 9.84 Å². The summed E-state index contributed by atoms with van der Waals surface area (Å²) in [6, 6.07) is 6.17. The maximum atomic E-state index is 11.6. The number of carbonyl (C=O) groups excluding carboxylic acids is 1. The molecule has 1 aliphatic rings. The van der Waals surface area contributed by atoms with Gasteiger partial charge in [0.25, 0.3) is 0 Å². The summed E-state index contributed by atoms with van der Waals surface area (Å²) in [4.78, 5) is 11.8. The summed E-state index contributed by atoms with van der Waals surface area (Å²) in [6.07, 6.45) is 1.44. The molecule has 6 nitrogen and oxygen atoms in total. The topological polar surface area (TPSA) is 84.5 Å². The smallest absolute Gasteiger partial charge is 0.223 e. The van der Waals surface area contributed by atoms with Crippen LogP contribution in [0.1, 0.15) is 6.42 Å². The zero-order valence-electron chi connectivity index (χ0n) is 12.4. The SMILES string of the molecule is CS(=O)(=O)c1ccc(OCCC(=O)NCC2CNC2)cc1.Cl. The van der Waals surface area contributed by atoms with Crippen LogP contribution in [0.5, 0.6) is 5.75 Å². The normalized spacial score (nSPS) is 14.6. The Morgan fingerprint density at radius 3 is 2.45 bits per heavy atom. The Balaban J connectivity index is 0.00000242. The van der Waals surface area contributed by atoms with Crippen molar-refractivity contribution in [2.24, 2.45) is 5.92 Å². The molecule has 1 aliphatic heterocycles. The maximum absolute atomic E-state index is 11.6. The van der Waals surface area contributed by atoms with Crippen LogP contribution in [0.3, 0.4) is 0 Å². The molecule has 2 rings (SSSR count). The highest BCUT2D eigenvalue weighted by Gasteiger charge is 2.16. The minimum atomic E-state index is -3.19. The molecule has 0 unspecified atom stereocenters. The zero-order chi connectivity index (χ0) is 15.3. The predicted octanol–water partition coefficient (Wildman–Crippen LogP) is 0.616. The van der Waals surface area contributed by atoms with Gasteiger partial charge in [-0.25, -0.2) is 8.42 Å². The molecule has 1 aromatic carbocycles. The van der Waals surface area contributed by atoms with E-state index in [0.29, 0.717) is 18.2 Å². The highest BCUT2D eigenvalue weighted by atomic mass is 35.5. The molecule has 1 aromatic rings. The summed E-state index contributed by atoms with van der Waals surface area (Å²) < 4.78 is 28.0. The van der Waals surface area contributed by atoms with Gasteiger partial charge in [0.2, 0.25) is 5.91 Å². The molecule has 2 N–H and O–H groups in total. The lowest BCUT2D eigenvalue weighted by Crippen LogP contribution is -2.48. The van der Waals surface area contributed by atoms with Gasteiger partial charge in [-0.2, -0.15) is 0 Å². The third kappa shape index (κ3) is 5.82. The highest BCUT2D eigenvalue weighted by Crippen LogP contribution is 2.15. The molecule has 1 saturated heterocycles. The Morgan fingerprint density at radius 1 is 1.32 bits per heavy atom. The molecule has 0 radical (unpaired) electrons. The number of halogens is 1. The van der Waals surface area contributed by atoms with Crippen molar-refractivity contribution in [3.05, 3.63) is 24.3 Å². The monoisotopic (exact) mass is 348 g/mol. The molecule has 1 amide bonds. The number of benzene rings is 1. The fraction of sp³-hybridized carbons (Fsp3) is 0.500. The van der Waals surface area contributed by atoms with E-state index in [0.717, 1.165) is 19.3 Å². The number of carbonyl (C=O) groups is 1. The Labute approximate surface area is 136 Å². The second-order valence-electron chi connectivity index (χ2n) is 5.17. The van der Waals surface area contributed by atoms with Crippen LogP contribution in [0.25, 0.3) is 0 Å². The first kappa shape index (κ1) is 18.7. The predicted molar refractivity (Wildman–Crippen MR) is 86.3 cm³/mol. The third-order valence-electron chi connectivity index (χ3n) is 3.30. The van der Waals surface area contributed by atoms with Crippen molar-refractivity contribution in [2.45, 2.75) is 11.3 Å². The number of rotatable bonds is 7. The minimum absolute atomic E-state index is 0. The Bertz CT molecular complexity index is 585. The number of hydrogen-bond acceptors (Lipinski definition) is 5. The van der Waals surface area contributed by atoms with Gasteiger partial charge in [0.1, 0.15) is 5.75 Å². The summed E-state index contributed by atoms with van der Waals surface area (Å²) in [7, 11) is -3.19. The average Bonchev–Trinajstić information content (AvgIpc) is 2.36. The molecular formula is C14H21ClN2O4S. The fourth-order valence-electron chi connectivity index (χ4n) is 1.88. The molecule has 1 heterocycles. The van der Waals surface area contributed by atoms with Crippen LogP contribution in [0.15, 0.2) is 29.2 Å². The summed E-state index contributed by atoms with van der Waals surface area (Å²) in [6.45, 7) is 2.90. The van der Waals surface area contributed by atoms with Gasteiger partial charge in [-0.3, -0.25) is 4.79 Å². The first-order chi connectivity index (χ1) is 9.95. The second-order valence-corrected chi connectivity index (χ2v) is 7.19. The number of ether oxygens (including phenoxy) is 1. The van der Waals surface area contributed by atoms with Crippen molar-refractivity contribution >= 4 is 28.2 Å². The van der Waals surface area contributed by atoms with Gasteiger partial charge < -0.3 is 15.4 Å². The van der Waals surface area contributed by atoms with Crippen LogP contribution in [0.4, 0.5) is 0 Å². The Morgan fingerprint density at radius 2 is 1.95 bits per heavy atom. The molecule has 0 spiro atoms. The van der Waals surface area contributed by atoms with E-state index in [1.165, 1.54) is 12.1 Å². The van der Waals surface area contributed by atoms with Crippen molar-refractivity contribution in [1.82, 2.24) is 10.6 Å². The summed E-state index contributed by atoms with van der Waals surface area (Å²) >= 11 is 0. The van der Waals surface area contributed by atoms with Crippen molar-refractivity contribution < 1.29 is 17.9 Å². The van der Waals surface area contributed by atoms with E-state index in [2.05, 4.69) is 10.6 Å². The van der Waals surface area contributed by atoms with Gasteiger partial charge >= 0.3 is 0 Å². The number of amides is 1. The van der Waals surface area contributed by atoms with Crippen molar-refractivity contribution in [1.29, 1.82) is 0 Å². The average molecular weight is 349 g/mol. The van der Waals surface area contributed by atoms with Gasteiger partial charge in [-0.15, -0.1) is 12.4 Å². The largest absolute Gasteiger partial charge is 0.493 e. The molecule has 22 heavy (non-hydrogen) atoms. The van der Waals surface area contributed by atoms with Gasteiger partial charge in [0.15, 0.2) is 9.84 Å². The molecular weight excluding hydrogens is 328 g/mol. The number of hydrogen-bond donors (Lipinski definition) is 2. The summed E-state index contributed by atoms with van der Waals surface area (Å²) in [5, 5.41) is 6.01. The zero-order valence-corrected chi connectivity index (χ0v) is 14.0. The first-order valence-electron chi connectivity index (χ1n) is 6.85. The third-order valence-corrected chi connectivity index (χ3v) is 4.43. The van der Waals surface area contributed by atoms with Crippen LogP contribution in [0.2, 0.25) is 0 Å². The molecule has 0 aliphatic carbocycles. The van der Waals surface area contributed by atoms with Gasteiger partial charge in [0, 0.05) is 31.8 Å². The van der Waals surface area contributed by atoms with Crippen molar-refractivity contribution in [3.63, 3.8) is 0 Å². The molecule has 124 valence electrons. The van der Waals surface area contributed by atoms with Gasteiger partial charge in [0.05, 0.1) is 17.9 Å². The van der Waals surface area contributed by atoms with E-state index in [1.54, 1.807) is 12.1 Å². The van der Waals surface area contributed by atoms with Crippen molar-refractivity contribution in [3.8, 4) is 5.75 Å². The second kappa shape index (κ2) is 8.36. The van der Waals surface area contributed by atoms with Crippen molar-refractivity contribution in [2.75, 3.05) is 32.5 Å². The van der Waals surface area contributed by atoms with Crippen LogP contribution in [-0.4, -0.2) is 46.8 Å². The van der Waals surface area contributed by atoms with Crippen LogP contribution in [-0.2, 0) is 14.6 Å². The van der Waals surface area contributed by atoms with E-state index in [9.17, 15) is 13.2 Å². The summed E-state index contributed by atoms with van der Waals surface area (Å²) in [5.41, 5.74) is 0. The minimum Gasteiger partial charge on any atom is -0.493 e. The quantitative estimate of drug-likeness (QED) is 0.754. The maximum Gasteiger partial charge on any atom is 0.223 e. The van der Waals surface area contributed by atoms with E-state index in [-0.39, 0.29) is 36.2 Å². The first-order valence-corrected chi connectivity index (χ1v) is 8.74. The molecule has 0 bridgehead atoms. The lowest BCUT2D eigenvalue weighted by Gasteiger charge is -2.27. The Hall–Kier alpha value is -1.31. The number of nitrogens with one attached hydrogen (secondary N) is 2. The van der Waals surface area contributed by atoms with Gasteiger partial charge in [-0.1, -0.05) is 0 Å². The molecule has 0 saturated carbocycles. The Kier molecular flexibility index (Phi) is 7.12. The molecule has 8 heteroatoms. The highest BCUT2D eigenvalue weighted by molar-refractivity contribution is 7.90. The lowest BCUT2D eigenvalue weighted by atomic mass is 10.0. The number of sulfone groups is 1. The van der Waals surface area contributed by atoms with Crippen LogP contribution in [0, 0.1) is 5.92 Å². The summed E-state index contributed by atoms with van der Waals surface area (Å²) in [5.74, 6) is 1.06. The van der Waals surface area contributed by atoms with Crippen LogP contribution < -0.4 is 15.4 Å².